The number of rotatable bonds is 8. The molecule has 2 N–H and O–H groups in total. The zero-order valence-electron chi connectivity index (χ0n) is 12.3. The van der Waals surface area contributed by atoms with Gasteiger partial charge in [-0.25, -0.2) is 0 Å². The molecule has 2 unspecified atom stereocenters. The van der Waals surface area contributed by atoms with Crippen molar-refractivity contribution in [3.05, 3.63) is 17.5 Å². The molecule has 1 aliphatic rings. The average molecular weight is 283 g/mol. The number of aromatic nitrogens is 2. The quantitative estimate of drug-likeness (QED) is 0.721. The minimum atomic E-state index is -0.492. The number of ether oxygens (including phenoxy) is 2. The molecule has 0 saturated carbocycles. The van der Waals surface area contributed by atoms with Gasteiger partial charge in [0.05, 0.1) is 31.6 Å². The minimum Gasteiger partial charge on any atom is -0.389 e. The van der Waals surface area contributed by atoms with Gasteiger partial charge >= 0.3 is 0 Å². The lowest BCUT2D eigenvalue weighted by Crippen LogP contribution is -2.31. The Bertz CT molecular complexity index is 402. The number of hydrogen-bond donors (Lipinski definition) is 2. The Kier molecular flexibility index (Phi) is 5.97. The lowest BCUT2D eigenvalue weighted by molar-refractivity contribution is -0.0164. The van der Waals surface area contributed by atoms with Gasteiger partial charge in [0, 0.05) is 38.0 Å². The summed E-state index contributed by atoms with van der Waals surface area (Å²) in [5.41, 5.74) is 2.29. The lowest BCUT2D eigenvalue weighted by Gasteiger charge is -2.14. The van der Waals surface area contributed by atoms with E-state index in [2.05, 4.69) is 10.4 Å². The second-order valence-corrected chi connectivity index (χ2v) is 5.34. The van der Waals surface area contributed by atoms with E-state index in [0.29, 0.717) is 26.3 Å². The topological polar surface area (TPSA) is 68.5 Å². The second kappa shape index (κ2) is 7.73. The van der Waals surface area contributed by atoms with E-state index in [1.54, 1.807) is 0 Å². The van der Waals surface area contributed by atoms with Gasteiger partial charge in [-0.1, -0.05) is 0 Å². The average Bonchev–Trinajstić information content (AvgIpc) is 3.04. The summed E-state index contributed by atoms with van der Waals surface area (Å²) in [6.45, 7) is 5.02. The van der Waals surface area contributed by atoms with E-state index in [9.17, 15) is 5.11 Å². The molecule has 1 aromatic rings. The fraction of sp³-hybridized carbons (Fsp3) is 0.786. The number of nitrogens with zero attached hydrogens (tertiary/aromatic N) is 2. The van der Waals surface area contributed by atoms with Crippen LogP contribution < -0.4 is 5.32 Å². The highest BCUT2D eigenvalue weighted by Crippen LogP contribution is 2.11. The highest BCUT2D eigenvalue weighted by Gasteiger charge is 2.16. The summed E-state index contributed by atoms with van der Waals surface area (Å²) in [7, 11) is 1.92. The monoisotopic (exact) mass is 283 g/mol. The van der Waals surface area contributed by atoms with Crippen LogP contribution in [0.5, 0.6) is 0 Å². The lowest BCUT2D eigenvalue weighted by atomic mass is 10.2. The summed E-state index contributed by atoms with van der Waals surface area (Å²) in [5, 5.41) is 17.2. The van der Waals surface area contributed by atoms with Gasteiger partial charge in [0.2, 0.25) is 0 Å². The maximum atomic E-state index is 9.83. The first-order valence-corrected chi connectivity index (χ1v) is 7.22. The molecule has 1 fully saturated rings. The van der Waals surface area contributed by atoms with Gasteiger partial charge in [-0.05, 0) is 19.8 Å². The van der Waals surface area contributed by atoms with Gasteiger partial charge in [-0.3, -0.25) is 4.68 Å². The van der Waals surface area contributed by atoms with Crippen molar-refractivity contribution in [2.24, 2.45) is 7.05 Å². The zero-order chi connectivity index (χ0) is 14.4. The molecule has 1 aromatic heterocycles. The maximum absolute atomic E-state index is 9.83. The maximum Gasteiger partial charge on any atom is 0.0897 e. The van der Waals surface area contributed by atoms with Gasteiger partial charge < -0.3 is 19.9 Å². The van der Waals surface area contributed by atoms with Gasteiger partial charge in [-0.15, -0.1) is 0 Å². The number of hydrogen-bond acceptors (Lipinski definition) is 5. The van der Waals surface area contributed by atoms with Crippen LogP contribution in [0.25, 0.3) is 0 Å². The van der Waals surface area contributed by atoms with Crippen LogP contribution in [0.1, 0.15) is 24.1 Å². The summed E-state index contributed by atoms with van der Waals surface area (Å²) in [6.07, 6.45) is 3.75. The van der Waals surface area contributed by atoms with Crippen LogP contribution in [-0.2, 0) is 23.1 Å². The number of aliphatic hydroxyl groups excluding tert-OH is 1. The molecule has 0 amide bonds. The number of aliphatic hydroxyl groups is 1. The van der Waals surface area contributed by atoms with Gasteiger partial charge in [-0.2, -0.15) is 5.10 Å². The molecule has 0 aromatic carbocycles. The van der Waals surface area contributed by atoms with Crippen molar-refractivity contribution in [1.82, 2.24) is 15.1 Å². The fourth-order valence-corrected chi connectivity index (χ4v) is 2.26. The third kappa shape index (κ3) is 4.56. The first-order valence-electron chi connectivity index (χ1n) is 7.22. The predicted molar refractivity (Wildman–Crippen MR) is 75.5 cm³/mol. The van der Waals surface area contributed by atoms with Crippen molar-refractivity contribution in [3.63, 3.8) is 0 Å². The summed E-state index contributed by atoms with van der Waals surface area (Å²) < 4.78 is 12.8. The van der Waals surface area contributed by atoms with Crippen LogP contribution in [0.3, 0.4) is 0 Å². The van der Waals surface area contributed by atoms with Crippen molar-refractivity contribution < 1.29 is 14.6 Å². The molecule has 0 radical (unpaired) electrons. The Morgan fingerprint density at radius 2 is 2.50 bits per heavy atom. The first-order chi connectivity index (χ1) is 9.66. The van der Waals surface area contributed by atoms with Crippen LogP contribution in [0.15, 0.2) is 6.20 Å². The van der Waals surface area contributed by atoms with Gasteiger partial charge in [0.15, 0.2) is 0 Å². The molecule has 114 valence electrons. The highest BCUT2D eigenvalue weighted by molar-refractivity contribution is 5.15. The van der Waals surface area contributed by atoms with E-state index in [1.165, 1.54) is 0 Å². The molecule has 1 saturated heterocycles. The molecular formula is C14H25N3O3. The molecule has 6 nitrogen and oxygen atoms in total. The Morgan fingerprint density at radius 3 is 3.15 bits per heavy atom. The largest absolute Gasteiger partial charge is 0.389 e. The summed E-state index contributed by atoms with van der Waals surface area (Å²) >= 11 is 0. The minimum absolute atomic E-state index is 0.216. The Morgan fingerprint density at radius 1 is 1.65 bits per heavy atom. The Balaban J connectivity index is 1.55. The molecule has 1 aliphatic heterocycles. The van der Waals surface area contributed by atoms with E-state index in [0.717, 1.165) is 30.7 Å². The Hall–Kier alpha value is -0.950. The van der Waals surface area contributed by atoms with Gasteiger partial charge in [0.25, 0.3) is 0 Å². The third-order valence-corrected chi connectivity index (χ3v) is 3.67. The SMILES string of the molecule is Cc1c(CNCC(O)COCC2CCCO2)cnn1C. The molecule has 20 heavy (non-hydrogen) atoms. The third-order valence-electron chi connectivity index (χ3n) is 3.67. The van der Waals surface area contributed by atoms with Crippen LogP contribution in [0.2, 0.25) is 0 Å². The van der Waals surface area contributed by atoms with Crippen LogP contribution in [0, 0.1) is 6.92 Å². The zero-order valence-corrected chi connectivity index (χ0v) is 12.3. The van der Waals surface area contributed by atoms with Crippen LogP contribution in [-0.4, -0.2) is 53.5 Å². The standard InChI is InChI=1S/C14H25N3O3/c1-11-12(7-16-17(11)2)6-15-8-13(18)9-19-10-14-4-3-5-20-14/h7,13-15,18H,3-6,8-10H2,1-2H3. The van der Waals surface area contributed by atoms with Crippen molar-refractivity contribution in [2.75, 3.05) is 26.4 Å². The van der Waals surface area contributed by atoms with E-state index < -0.39 is 6.10 Å². The highest BCUT2D eigenvalue weighted by atomic mass is 16.5. The smallest absolute Gasteiger partial charge is 0.0897 e. The summed E-state index contributed by atoms with van der Waals surface area (Å²) in [6, 6.07) is 0. The van der Waals surface area contributed by atoms with Crippen molar-refractivity contribution in [3.8, 4) is 0 Å². The fourth-order valence-electron chi connectivity index (χ4n) is 2.26. The van der Waals surface area contributed by atoms with E-state index >= 15 is 0 Å². The molecule has 0 bridgehead atoms. The van der Waals surface area contributed by atoms with E-state index in [-0.39, 0.29) is 6.10 Å². The Labute approximate surface area is 120 Å². The second-order valence-electron chi connectivity index (χ2n) is 5.34. The molecule has 6 heteroatoms. The van der Waals surface area contributed by atoms with Crippen molar-refractivity contribution in [1.29, 1.82) is 0 Å². The normalized spacial score (nSPS) is 20.4. The predicted octanol–water partition coefficient (Wildman–Crippen LogP) is 0.375. The molecule has 0 spiro atoms. The molecule has 2 heterocycles. The van der Waals surface area contributed by atoms with E-state index in [4.69, 9.17) is 9.47 Å². The first kappa shape index (κ1) is 15.4. The van der Waals surface area contributed by atoms with Crippen LogP contribution >= 0.6 is 0 Å². The van der Waals surface area contributed by atoms with Crippen LogP contribution in [0.4, 0.5) is 0 Å². The molecule has 2 rings (SSSR count). The summed E-state index contributed by atoms with van der Waals surface area (Å²) in [4.78, 5) is 0. The van der Waals surface area contributed by atoms with Crippen molar-refractivity contribution in [2.45, 2.75) is 38.5 Å². The van der Waals surface area contributed by atoms with E-state index in [1.807, 2.05) is 24.9 Å². The number of nitrogens with one attached hydrogen (secondary N) is 1. The molecule has 0 aliphatic carbocycles. The molecule has 2 atom stereocenters. The van der Waals surface area contributed by atoms with Gasteiger partial charge in [0.1, 0.15) is 0 Å². The molecular weight excluding hydrogens is 258 g/mol. The van der Waals surface area contributed by atoms with Crippen molar-refractivity contribution >= 4 is 0 Å². The number of aryl methyl sites for hydroxylation is 1. The summed E-state index contributed by atoms with van der Waals surface area (Å²) in [5.74, 6) is 0.